The van der Waals surface area contributed by atoms with Gasteiger partial charge in [-0.25, -0.2) is 5.43 Å². The van der Waals surface area contributed by atoms with Gasteiger partial charge in [-0.05, 0) is 41.9 Å². The van der Waals surface area contributed by atoms with E-state index in [0.29, 0.717) is 4.88 Å². The summed E-state index contributed by atoms with van der Waals surface area (Å²) < 4.78 is 15.1. The van der Waals surface area contributed by atoms with Crippen LogP contribution < -0.4 is 5.43 Å². The molecule has 0 fully saturated rings. The molecule has 2 aromatic rings. The summed E-state index contributed by atoms with van der Waals surface area (Å²) in [7, 11) is 0. The highest BCUT2D eigenvalue weighted by Gasteiger charge is 2.16. The molecule has 0 spiro atoms. The van der Waals surface area contributed by atoms with Gasteiger partial charge in [0.05, 0.1) is 21.3 Å². The van der Waals surface area contributed by atoms with Crippen molar-refractivity contribution in [3.05, 3.63) is 38.5 Å². The molecular formula is C12H12BrFN4OS. The van der Waals surface area contributed by atoms with E-state index in [2.05, 4.69) is 31.6 Å². The highest BCUT2D eigenvalue weighted by Crippen LogP contribution is 2.16. The summed E-state index contributed by atoms with van der Waals surface area (Å²) in [5.41, 5.74) is 3.21. The highest BCUT2D eigenvalue weighted by molar-refractivity contribution is 9.10. The molecule has 20 heavy (non-hydrogen) atoms. The van der Waals surface area contributed by atoms with Gasteiger partial charge in [0.1, 0.15) is 6.04 Å². The van der Waals surface area contributed by atoms with Crippen LogP contribution in [0.4, 0.5) is 4.39 Å². The first-order chi connectivity index (χ1) is 9.47. The molecule has 1 amide bonds. The summed E-state index contributed by atoms with van der Waals surface area (Å²) in [6.07, 6.45) is 3.14. The summed E-state index contributed by atoms with van der Waals surface area (Å²) in [4.78, 5) is 12.5. The lowest BCUT2D eigenvalue weighted by atomic mass is 10.3. The average Bonchev–Trinajstić information content (AvgIpc) is 2.96. The number of halogens is 2. The summed E-state index contributed by atoms with van der Waals surface area (Å²) in [6, 6.07) is 2.45. The molecule has 0 aliphatic rings. The number of nitrogens with zero attached hydrogens (tertiary/aromatic N) is 3. The van der Waals surface area contributed by atoms with Crippen LogP contribution in [0.15, 0.2) is 27.9 Å². The molecule has 1 atom stereocenters. The second-order valence-corrected chi connectivity index (χ2v) is 6.01. The van der Waals surface area contributed by atoms with Crippen LogP contribution in [0.1, 0.15) is 23.5 Å². The number of aromatic nitrogens is 2. The Morgan fingerprint density at radius 3 is 2.95 bits per heavy atom. The standard InChI is InChI=1S/C12H12BrFN4OS/c1-7-10(13)6-18(17-7)8(2)12(19)16-15-5-9-3-4-11(14)20-9/h3-6,8H,1-2H3,(H,16,19)/b15-5-/t8-/m1/s1. The second-order valence-electron chi connectivity index (χ2n) is 4.09. The number of carbonyl (C=O) groups is 1. The third kappa shape index (κ3) is 3.51. The van der Waals surface area contributed by atoms with Crippen molar-refractivity contribution >= 4 is 39.4 Å². The highest BCUT2D eigenvalue weighted by atomic mass is 79.9. The van der Waals surface area contributed by atoms with Crippen molar-refractivity contribution in [1.82, 2.24) is 15.2 Å². The molecule has 0 aliphatic heterocycles. The van der Waals surface area contributed by atoms with E-state index in [1.807, 2.05) is 6.92 Å². The number of rotatable bonds is 4. The zero-order valence-electron chi connectivity index (χ0n) is 10.8. The van der Waals surface area contributed by atoms with Crippen LogP contribution in [-0.2, 0) is 4.79 Å². The van der Waals surface area contributed by atoms with E-state index in [1.54, 1.807) is 23.9 Å². The molecule has 0 radical (unpaired) electrons. The molecule has 0 aliphatic carbocycles. The Bertz CT molecular complexity index is 632. The summed E-state index contributed by atoms with van der Waals surface area (Å²) in [5.74, 6) is -0.298. The Morgan fingerprint density at radius 1 is 1.65 bits per heavy atom. The lowest BCUT2D eigenvalue weighted by molar-refractivity contribution is -0.124. The molecule has 1 N–H and O–H groups in total. The predicted molar refractivity (Wildman–Crippen MR) is 79.4 cm³/mol. The predicted octanol–water partition coefficient (Wildman–Crippen LogP) is 2.87. The molecule has 5 nitrogen and oxygen atoms in total. The molecule has 2 aromatic heterocycles. The molecule has 106 valence electrons. The van der Waals surface area contributed by atoms with E-state index in [-0.39, 0.29) is 11.0 Å². The van der Waals surface area contributed by atoms with Crippen molar-refractivity contribution in [2.45, 2.75) is 19.9 Å². The maximum atomic E-state index is 12.8. The van der Waals surface area contributed by atoms with E-state index in [9.17, 15) is 9.18 Å². The third-order valence-electron chi connectivity index (χ3n) is 2.59. The van der Waals surface area contributed by atoms with Crippen LogP contribution in [0.3, 0.4) is 0 Å². The molecule has 0 aromatic carbocycles. The SMILES string of the molecule is Cc1nn([C@H](C)C(=O)N/N=C\c2ccc(F)s2)cc1Br. The zero-order valence-corrected chi connectivity index (χ0v) is 13.2. The van der Waals surface area contributed by atoms with Gasteiger partial charge in [-0.3, -0.25) is 9.48 Å². The van der Waals surface area contributed by atoms with E-state index >= 15 is 0 Å². The van der Waals surface area contributed by atoms with Crippen LogP contribution in [0, 0.1) is 12.1 Å². The zero-order chi connectivity index (χ0) is 14.7. The van der Waals surface area contributed by atoms with Gasteiger partial charge >= 0.3 is 0 Å². The van der Waals surface area contributed by atoms with Crippen molar-refractivity contribution in [2.24, 2.45) is 5.10 Å². The minimum Gasteiger partial charge on any atom is -0.271 e. The summed E-state index contributed by atoms with van der Waals surface area (Å²) >= 11 is 4.30. The molecule has 0 saturated heterocycles. The molecule has 2 rings (SSSR count). The minimum absolute atomic E-state index is 0.289. The van der Waals surface area contributed by atoms with Crippen LogP contribution in [0.2, 0.25) is 0 Å². The van der Waals surface area contributed by atoms with Crippen molar-refractivity contribution < 1.29 is 9.18 Å². The number of hydrazone groups is 1. The Morgan fingerprint density at radius 2 is 2.40 bits per heavy atom. The van der Waals surface area contributed by atoms with Gasteiger partial charge < -0.3 is 0 Å². The van der Waals surface area contributed by atoms with Crippen molar-refractivity contribution in [2.75, 3.05) is 0 Å². The first kappa shape index (κ1) is 14.9. The number of hydrogen-bond donors (Lipinski definition) is 1. The Labute approximate surface area is 127 Å². The number of hydrogen-bond acceptors (Lipinski definition) is 4. The van der Waals surface area contributed by atoms with Gasteiger partial charge in [0.15, 0.2) is 5.13 Å². The lowest BCUT2D eigenvalue weighted by Crippen LogP contribution is -2.27. The molecule has 0 bridgehead atoms. The van der Waals surface area contributed by atoms with Gasteiger partial charge in [0.25, 0.3) is 5.91 Å². The number of thiophene rings is 1. The second kappa shape index (κ2) is 6.27. The Kier molecular flexibility index (Phi) is 4.66. The van der Waals surface area contributed by atoms with Crippen LogP contribution in [-0.4, -0.2) is 21.9 Å². The van der Waals surface area contributed by atoms with Crippen molar-refractivity contribution in [3.63, 3.8) is 0 Å². The first-order valence-corrected chi connectivity index (χ1v) is 7.38. The topological polar surface area (TPSA) is 59.3 Å². The number of carbonyl (C=O) groups excluding carboxylic acids is 1. The average molecular weight is 359 g/mol. The minimum atomic E-state index is -0.489. The molecule has 8 heteroatoms. The van der Waals surface area contributed by atoms with Gasteiger partial charge in [-0.1, -0.05) is 0 Å². The smallest absolute Gasteiger partial charge is 0.264 e. The fourth-order valence-corrected chi connectivity index (χ4v) is 2.32. The first-order valence-electron chi connectivity index (χ1n) is 5.77. The van der Waals surface area contributed by atoms with E-state index < -0.39 is 6.04 Å². The Balaban J connectivity index is 1.96. The fourth-order valence-electron chi connectivity index (χ4n) is 1.43. The van der Waals surface area contributed by atoms with Gasteiger partial charge in [-0.15, -0.1) is 11.3 Å². The van der Waals surface area contributed by atoms with Crippen LogP contribution in [0.25, 0.3) is 0 Å². The quantitative estimate of drug-likeness (QED) is 0.674. The third-order valence-corrected chi connectivity index (χ3v) is 4.18. The van der Waals surface area contributed by atoms with Crippen LogP contribution >= 0.6 is 27.3 Å². The van der Waals surface area contributed by atoms with Gasteiger partial charge in [-0.2, -0.15) is 14.6 Å². The number of aryl methyl sites for hydroxylation is 1. The maximum absolute atomic E-state index is 12.8. The molecule has 0 unspecified atom stereocenters. The van der Waals surface area contributed by atoms with E-state index in [0.717, 1.165) is 21.5 Å². The van der Waals surface area contributed by atoms with Crippen molar-refractivity contribution in [1.29, 1.82) is 0 Å². The Hall–Kier alpha value is -1.54. The van der Waals surface area contributed by atoms with Crippen molar-refractivity contribution in [3.8, 4) is 0 Å². The lowest BCUT2D eigenvalue weighted by Gasteiger charge is -2.09. The molecular weight excluding hydrogens is 347 g/mol. The molecule has 0 saturated carbocycles. The summed E-state index contributed by atoms with van der Waals surface area (Å²) in [5, 5.41) is 7.72. The number of amides is 1. The van der Waals surface area contributed by atoms with Gasteiger partial charge in [0, 0.05) is 6.20 Å². The summed E-state index contributed by atoms with van der Waals surface area (Å²) in [6.45, 7) is 3.56. The number of nitrogens with one attached hydrogen (secondary N) is 1. The normalized spacial score (nSPS) is 12.8. The maximum Gasteiger partial charge on any atom is 0.264 e. The van der Waals surface area contributed by atoms with Crippen LogP contribution in [0.5, 0.6) is 0 Å². The van der Waals surface area contributed by atoms with E-state index in [1.165, 1.54) is 12.3 Å². The largest absolute Gasteiger partial charge is 0.271 e. The molecule has 2 heterocycles. The monoisotopic (exact) mass is 358 g/mol. The van der Waals surface area contributed by atoms with Gasteiger partial charge in [0.2, 0.25) is 0 Å². The van der Waals surface area contributed by atoms with E-state index in [4.69, 9.17) is 0 Å². The fraction of sp³-hybridized carbons (Fsp3) is 0.250.